The molecule has 4 nitrogen and oxygen atoms in total. The van der Waals surface area contributed by atoms with Crippen LogP contribution >= 0.6 is 12.2 Å². The Kier molecular flexibility index (Phi) is 4.89. The van der Waals surface area contributed by atoms with Crippen LogP contribution < -0.4 is 5.73 Å². The van der Waals surface area contributed by atoms with E-state index < -0.39 is 0 Å². The first-order valence-corrected chi connectivity index (χ1v) is 6.00. The summed E-state index contributed by atoms with van der Waals surface area (Å²) in [5, 5.41) is 4.42. The van der Waals surface area contributed by atoms with Crippen molar-refractivity contribution in [3.05, 3.63) is 17.5 Å². The molecule has 0 bridgehead atoms. The number of hydrogen-bond donors (Lipinski definition) is 1. The van der Waals surface area contributed by atoms with E-state index in [2.05, 4.69) is 29.9 Å². The maximum absolute atomic E-state index is 5.56. The number of rotatable bonds is 6. The first-order chi connectivity index (χ1) is 7.56. The molecule has 0 spiro atoms. The molecule has 0 unspecified atom stereocenters. The third kappa shape index (κ3) is 3.57. The highest BCUT2D eigenvalue weighted by Gasteiger charge is 2.09. The van der Waals surface area contributed by atoms with Crippen LogP contribution in [0.15, 0.2) is 6.07 Å². The summed E-state index contributed by atoms with van der Waals surface area (Å²) in [6, 6.07) is 2.14. The van der Waals surface area contributed by atoms with E-state index in [0.29, 0.717) is 11.5 Å². The Hall–Kier alpha value is -0.940. The van der Waals surface area contributed by atoms with E-state index in [1.165, 1.54) is 5.69 Å². The Labute approximate surface area is 102 Å². The molecule has 16 heavy (non-hydrogen) atoms. The van der Waals surface area contributed by atoms with E-state index in [1.54, 1.807) is 0 Å². The number of likely N-dealkylation sites (N-methyl/N-ethyl adjacent to an activating group) is 1. The third-order valence-corrected chi connectivity index (χ3v) is 2.73. The Morgan fingerprint density at radius 3 is 2.69 bits per heavy atom. The molecule has 0 aliphatic carbocycles. The third-order valence-electron chi connectivity index (χ3n) is 2.60. The molecular weight excluding hydrogens is 220 g/mol. The van der Waals surface area contributed by atoms with Crippen molar-refractivity contribution in [2.45, 2.75) is 26.8 Å². The summed E-state index contributed by atoms with van der Waals surface area (Å²) in [5.41, 5.74) is 7.89. The molecule has 1 aromatic rings. The van der Waals surface area contributed by atoms with E-state index in [4.69, 9.17) is 18.0 Å². The van der Waals surface area contributed by atoms with Crippen LogP contribution in [0, 0.1) is 0 Å². The van der Waals surface area contributed by atoms with Crippen LogP contribution in [0.2, 0.25) is 0 Å². The maximum atomic E-state index is 5.56. The SMILES string of the molecule is CCc1cc(CN(CC)CC(N)=S)n(C)n1. The molecule has 0 saturated carbocycles. The quantitative estimate of drug-likeness (QED) is 0.756. The number of nitrogens with zero attached hydrogens (tertiary/aromatic N) is 3. The van der Waals surface area contributed by atoms with Gasteiger partial charge in [0.2, 0.25) is 0 Å². The summed E-state index contributed by atoms with van der Waals surface area (Å²) in [6.45, 7) is 6.66. The first-order valence-electron chi connectivity index (χ1n) is 5.59. The molecule has 2 N–H and O–H groups in total. The average Bonchev–Trinajstić information content (AvgIpc) is 2.58. The molecule has 0 radical (unpaired) electrons. The van der Waals surface area contributed by atoms with Crippen molar-refractivity contribution in [3.63, 3.8) is 0 Å². The lowest BCUT2D eigenvalue weighted by Crippen LogP contribution is -2.32. The van der Waals surface area contributed by atoms with Gasteiger partial charge in [-0.05, 0) is 19.0 Å². The van der Waals surface area contributed by atoms with Gasteiger partial charge in [0, 0.05) is 20.1 Å². The van der Waals surface area contributed by atoms with Crippen LogP contribution in [-0.2, 0) is 20.0 Å². The zero-order chi connectivity index (χ0) is 12.1. The van der Waals surface area contributed by atoms with Crippen molar-refractivity contribution in [1.29, 1.82) is 0 Å². The fourth-order valence-corrected chi connectivity index (χ4v) is 1.80. The molecule has 0 aliphatic rings. The van der Waals surface area contributed by atoms with Gasteiger partial charge in [0.25, 0.3) is 0 Å². The lowest BCUT2D eigenvalue weighted by Gasteiger charge is -2.19. The largest absolute Gasteiger partial charge is 0.392 e. The summed E-state index contributed by atoms with van der Waals surface area (Å²) in [6.07, 6.45) is 0.968. The highest BCUT2D eigenvalue weighted by molar-refractivity contribution is 7.80. The highest BCUT2D eigenvalue weighted by atomic mass is 32.1. The van der Waals surface area contributed by atoms with Gasteiger partial charge in [0.1, 0.15) is 0 Å². The molecule has 5 heteroatoms. The minimum Gasteiger partial charge on any atom is -0.392 e. The fraction of sp³-hybridized carbons (Fsp3) is 0.636. The Morgan fingerprint density at radius 1 is 1.56 bits per heavy atom. The van der Waals surface area contributed by atoms with Crippen LogP contribution in [-0.4, -0.2) is 32.8 Å². The van der Waals surface area contributed by atoms with Gasteiger partial charge in [-0.15, -0.1) is 0 Å². The van der Waals surface area contributed by atoms with Gasteiger partial charge in [-0.1, -0.05) is 26.1 Å². The van der Waals surface area contributed by atoms with Gasteiger partial charge in [0.15, 0.2) is 0 Å². The van der Waals surface area contributed by atoms with Crippen molar-refractivity contribution in [2.24, 2.45) is 12.8 Å². The van der Waals surface area contributed by atoms with Crippen molar-refractivity contribution >= 4 is 17.2 Å². The van der Waals surface area contributed by atoms with Gasteiger partial charge < -0.3 is 5.73 Å². The summed E-state index contributed by atoms with van der Waals surface area (Å²) >= 11 is 4.93. The second kappa shape index (κ2) is 5.96. The molecule has 0 fully saturated rings. The molecule has 0 aromatic carbocycles. The van der Waals surface area contributed by atoms with Crippen LogP contribution in [0.3, 0.4) is 0 Å². The van der Waals surface area contributed by atoms with Crippen molar-refractivity contribution < 1.29 is 0 Å². The molecule has 90 valence electrons. The molecule has 1 aromatic heterocycles. The predicted molar refractivity (Wildman–Crippen MR) is 70.3 cm³/mol. The predicted octanol–water partition coefficient (Wildman–Crippen LogP) is 1.09. The molecule has 0 saturated heterocycles. The minimum absolute atomic E-state index is 0.541. The Balaban J connectivity index is 2.69. The minimum atomic E-state index is 0.541. The summed E-state index contributed by atoms with van der Waals surface area (Å²) < 4.78 is 1.93. The van der Waals surface area contributed by atoms with Crippen LogP contribution in [0.4, 0.5) is 0 Å². The Morgan fingerprint density at radius 2 is 2.25 bits per heavy atom. The van der Waals surface area contributed by atoms with E-state index in [0.717, 1.165) is 25.2 Å². The number of aryl methyl sites for hydroxylation is 2. The van der Waals surface area contributed by atoms with E-state index in [-0.39, 0.29) is 0 Å². The van der Waals surface area contributed by atoms with Gasteiger partial charge in [-0.3, -0.25) is 9.58 Å². The van der Waals surface area contributed by atoms with E-state index in [9.17, 15) is 0 Å². The van der Waals surface area contributed by atoms with Gasteiger partial charge >= 0.3 is 0 Å². The number of nitrogens with two attached hydrogens (primary N) is 1. The van der Waals surface area contributed by atoms with Gasteiger partial charge in [0.05, 0.1) is 16.4 Å². The summed E-state index contributed by atoms with van der Waals surface area (Å²) in [4.78, 5) is 2.75. The first kappa shape index (κ1) is 13.1. The van der Waals surface area contributed by atoms with Crippen molar-refractivity contribution in [3.8, 4) is 0 Å². The smallest absolute Gasteiger partial charge is 0.0870 e. The maximum Gasteiger partial charge on any atom is 0.0870 e. The zero-order valence-electron chi connectivity index (χ0n) is 10.2. The van der Waals surface area contributed by atoms with E-state index >= 15 is 0 Å². The fourth-order valence-electron chi connectivity index (χ4n) is 1.62. The van der Waals surface area contributed by atoms with Crippen LogP contribution in [0.25, 0.3) is 0 Å². The van der Waals surface area contributed by atoms with Crippen LogP contribution in [0.5, 0.6) is 0 Å². The second-order valence-electron chi connectivity index (χ2n) is 3.87. The number of aromatic nitrogens is 2. The molecule has 0 amide bonds. The summed E-state index contributed by atoms with van der Waals surface area (Å²) in [5.74, 6) is 0. The molecule has 1 heterocycles. The lowest BCUT2D eigenvalue weighted by molar-refractivity contribution is 0.311. The van der Waals surface area contributed by atoms with Crippen molar-refractivity contribution in [2.75, 3.05) is 13.1 Å². The molecular formula is C11H20N4S. The lowest BCUT2D eigenvalue weighted by atomic mass is 10.3. The zero-order valence-corrected chi connectivity index (χ0v) is 11.0. The van der Waals surface area contributed by atoms with E-state index in [1.807, 2.05) is 11.7 Å². The molecule has 1 rings (SSSR count). The van der Waals surface area contributed by atoms with Gasteiger partial charge in [-0.2, -0.15) is 5.10 Å². The average molecular weight is 240 g/mol. The monoisotopic (exact) mass is 240 g/mol. The normalized spacial score (nSPS) is 11.0. The molecule has 0 aliphatic heterocycles. The Bertz CT molecular complexity index is 359. The van der Waals surface area contributed by atoms with Crippen LogP contribution in [0.1, 0.15) is 25.2 Å². The van der Waals surface area contributed by atoms with Gasteiger partial charge in [-0.25, -0.2) is 0 Å². The molecule has 0 atom stereocenters. The topological polar surface area (TPSA) is 47.1 Å². The number of thiocarbonyl (C=S) groups is 1. The summed E-state index contributed by atoms with van der Waals surface area (Å²) in [7, 11) is 1.98. The second-order valence-corrected chi connectivity index (χ2v) is 4.40. The van der Waals surface area contributed by atoms with Crippen molar-refractivity contribution in [1.82, 2.24) is 14.7 Å². The standard InChI is InChI=1S/C11H20N4S/c1-4-9-6-10(14(3)13-9)7-15(5-2)8-11(12)16/h6H,4-5,7-8H2,1-3H3,(H2,12,16). The number of hydrogen-bond acceptors (Lipinski definition) is 3. The highest BCUT2D eigenvalue weighted by Crippen LogP contribution is 2.07.